The molecule has 2 aromatic rings. The van der Waals surface area contributed by atoms with E-state index >= 15 is 0 Å². The second-order valence-electron chi connectivity index (χ2n) is 7.06. The van der Waals surface area contributed by atoms with Crippen molar-refractivity contribution in [3.8, 4) is 0 Å². The first kappa shape index (κ1) is 23.1. The zero-order valence-electron chi connectivity index (χ0n) is 17.5. The topological polar surface area (TPSA) is 84.5 Å². The van der Waals surface area contributed by atoms with Crippen LogP contribution in [0.4, 0.5) is 11.4 Å². The maximum Gasteiger partial charge on any atom is 0.310 e. The number of hydrogen-bond donors (Lipinski definition) is 2. The van der Waals surface area contributed by atoms with E-state index in [9.17, 15) is 14.4 Å². The summed E-state index contributed by atoms with van der Waals surface area (Å²) in [7, 11) is 0. The van der Waals surface area contributed by atoms with Crippen molar-refractivity contribution in [3.63, 3.8) is 0 Å². The minimum atomic E-state index is -0.258. The molecule has 0 bridgehead atoms. The predicted molar refractivity (Wildman–Crippen MR) is 118 cm³/mol. The lowest BCUT2D eigenvalue weighted by atomic mass is 10.1. The molecule has 2 aromatic carbocycles. The third-order valence-electron chi connectivity index (χ3n) is 4.51. The fourth-order valence-corrected chi connectivity index (χ4v) is 2.98. The van der Waals surface area contributed by atoms with Gasteiger partial charge in [0.1, 0.15) is 0 Å². The number of carbonyl (C=O) groups is 3. The van der Waals surface area contributed by atoms with E-state index in [4.69, 9.17) is 4.74 Å². The van der Waals surface area contributed by atoms with Crippen LogP contribution >= 0.6 is 0 Å². The van der Waals surface area contributed by atoms with E-state index in [0.29, 0.717) is 25.1 Å². The molecule has 2 rings (SSSR count). The average molecular weight is 411 g/mol. The number of esters is 1. The van der Waals surface area contributed by atoms with E-state index in [1.165, 1.54) is 0 Å². The van der Waals surface area contributed by atoms with Gasteiger partial charge in [-0.15, -0.1) is 0 Å². The number of anilines is 2. The highest BCUT2D eigenvalue weighted by Crippen LogP contribution is 2.13. The quantitative estimate of drug-likeness (QED) is 0.392. The van der Waals surface area contributed by atoms with Crippen molar-refractivity contribution in [2.45, 2.75) is 51.9 Å². The lowest BCUT2D eigenvalue weighted by Crippen LogP contribution is -2.12. The lowest BCUT2D eigenvalue weighted by Gasteiger charge is -2.07. The lowest BCUT2D eigenvalue weighted by molar-refractivity contribution is -0.142. The van der Waals surface area contributed by atoms with Gasteiger partial charge in [-0.2, -0.15) is 0 Å². The summed E-state index contributed by atoms with van der Waals surface area (Å²) in [6.45, 7) is 2.15. The highest BCUT2D eigenvalue weighted by molar-refractivity contribution is 5.91. The summed E-state index contributed by atoms with van der Waals surface area (Å²) in [4.78, 5) is 35.4. The van der Waals surface area contributed by atoms with Crippen molar-refractivity contribution in [1.29, 1.82) is 0 Å². The Balaban J connectivity index is 1.55. The van der Waals surface area contributed by atoms with Gasteiger partial charge in [0.15, 0.2) is 0 Å². The highest BCUT2D eigenvalue weighted by atomic mass is 16.5. The Bertz CT molecular complexity index is 804. The zero-order chi connectivity index (χ0) is 21.6. The van der Waals surface area contributed by atoms with Gasteiger partial charge in [-0.25, -0.2) is 0 Å². The molecule has 2 amide bonds. The summed E-state index contributed by atoms with van der Waals surface area (Å²) in [5, 5.41) is 5.73. The molecule has 0 aliphatic rings. The van der Waals surface area contributed by atoms with Gasteiger partial charge in [0, 0.05) is 24.2 Å². The van der Waals surface area contributed by atoms with E-state index in [2.05, 4.69) is 10.6 Å². The standard InChI is InChI=1S/C24H30N2O4/c1-2-30-24(29)18-19-14-16-21(17-15-19)26-23(28)13-9-4-3-8-12-22(27)25-20-10-6-5-7-11-20/h5-7,10-11,14-17H,2-4,8-9,12-13,18H2,1H3,(H,25,27)(H,26,28). The van der Waals surface area contributed by atoms with Crippen molar-refractivity contribution < 1.29 is 19.1 Å². The number of rotatable bonds is 12. The second kappa shape index (κ2) is 13.1. The summed E-state index contributed by atoms with van der Waals surface area (Å²) < 4.78 is 4.92. The first-order valence-electron chi connectivity index (χ1n) is 10.5. The molecule has 0 fully saturated rings. The van der Waals surface area contributed by atoms with Crippen LogP contribution in [0.15, 0.2) is 54.6 Å². The molecular formula is C24H30N2O4. The smallest absolute Gasteiger partial charge is 0.310 e. The Kier molecular flexibility index (Phi) is 10.1. The molecule has 0 unspecified atom stereocenters. The zero-order valence-corrected chi connectivity index (χ0v) is 17.5. The van der Waals surface area contributed by atoms with Crippen LogP contribution in [0.1, 0.15) is 51.0 Å². The minimum Gasteiger partial charge on any atom is -0.466 e. The van der Waals surface area contributed by atoms with Crippen LogP contribution in [-0.4, -0.2) is 24.4 Å². The monoisotopic (exact) mass is 410 g/mol. The van der Waals surface area contributed by atoms with Crippen molar-refractivity contribution >= 4 is 29.2 Å². The largest absolute Gasteiger partial charge is 0.466 e. The summed E-state index contributed by atoms with van der Waals surface area (Å²) in [6, 6.07) is 16.6. The summed E-state index contributed by atoms with van der Waals surface area (Å²) >= 11 is 0. The number of ether oxygens (including phenoxy) is 1. The molecule has 0 heterocycles. The number of nitrogens with one attached hydrogen (secondary N) is 2. The van der Waals surface area contributed by atoms with Crippen LogP contribution in [0.3, 0.4) is 0 Å². The van der Waals surface area contributed by atoms with Gasteiger partial charge in [0.2, 0.25) is 11.8 Å². The van der Waals surface area contributed by atoms with Crippen LogP contribution in [0.5, 0.6) is 0 Å². The molecular weight excluding hydrogens is 380 g/mol. The summed E-state index contributed by atoms with van der Waals surface area (Å²) in [5.41, 5.74) is 2.38. The van der Waals surface area contributed by atoms with E-state index in [1.807, 2.05) is 42.5 Å². The molecule has 0 saturated heterocycles. The Labute approximate surface area is 178 Å². The molecule has 0 saturated carbocycles. The van der Waals surface area contributed by atoms with Crippen LogP contribution in [-0.2, 0) is 25.5 Å². The van der Waals surface area contributed by atoms with Crippen molar-refractivity contribution in [1.82, 2.24) is 0 Å². The number of carbonyl (C=O) groups excluding carboxylic acids is 3. The fourth-order valence-electron chi connectivity index (χ4n) is 2.98. The van der Waals surface area contributed by atoms with Crippen molar-refractivity contribution in [3.05, 3.63) is 60.2 Å². The molecule has 0 atom stereocenters. The van der Waals surface area contributed by atoms with Crippen LogP contribution in [0.2, 0.25) is 0 Å². The highest BCUT2D eigenvalue weighted by Gasteiger charge is 2.06. The molecule has 0 radical (unpaired) electrons. The first-order chi connectivity index (χ1) is 14.6. The number of para-hydroxylation sites is 1. The van der Waals surface area contributed by atoms with Gasteiger partial charge in [0.25, 0.3) is 0 Å². The summed E-state index contributed by atoms with van der Waals surface area (Å²) in [6.07, 6.45) is 4.57. The first-order valence-corrected chi connectivity index (χ1v) is 10.5. The van der Waals surface area contributed by atoms with Gasteiger partial charge in [-0.3, -0.25) is 14.4 Å². The number of unbranched alkanes of at least 4 members (excludes halogenated alkanes) is 3. The molecule has 0 aliphatic heterocycles. The van der Waals surface area contributed by atoms with Crippen LogP contribution in [0, 0.1) is 0 Å². The average Bonchev–Trinajstić information content (AvgIpc) is 2.73. The Morgan fingerprint density at radius 2 is 1.27 bits per heavy atom. The minimum absolute atomic E-state index is 0.0188. The molecule has 0 spiro atoms. The second-order valence-corrected chi connectivity index (χ2v) is 7.06. The Morgan fingerprint density at radius 3 is 1.80 bits per heavy atom. The number of amides is 2. The van der Waals surface area contributed by atoms with Gasteiger partial charge in [-0.05, 0) is 49.6 Å². The molecule has 0 aromatic heterocycles. The van der Waals surface area contributed by atoms with Crippen molar-refractivity contribution in [2.75, 3.05) is 17.2 Å². The molecule has 2 N–H and O–H groups in total. The molecule has 0 aliphatic carbocycles. The van der Waals surface area contributed by atoms with Gasteiger partial charge < -0.3 is 15.4 Å². The maximum absolute atomic E-state index is 12.1. The van der Waals surface area contributed by atoms with E-state index in [0.717, 1.165) is 36.9 Å². The van der Waals surface area contributed by atoms with Gasteiger partial charge in [-0.1, -0.05) is 43.2 Å². The maximum atomic E-state index is 12.1. The van der Waals surface area contributed by atoms with Crippen LogP contribution < -0.4 is 10.6 Å². The van der Waals surface area contributed by atoms with E-state index in [1.54, 1.807) is 19.1 Å². The molecule has 30 heavy (non-hydrogen) atoms. The fraction of sp³-hybridized carbons (Fsp3) is 0.375. The Morgan fingerprint density at radius 1 is 0.733 bits per heavy atom. The van der Waals surface area contributed by atoms with Crippen molar-refractivity contribution in [2.24, 2.45) is 0 Å². The molecule has 160 valence electrons. The third kappa shape index (κ3) is 9.37. The van der Waals surface area contributed by atoms with Gasteiger partial charge >= 0.3 is 5.97 Å². The van der Waals surface area contributed by atoms with E-state index < -0.39 is 0 Å². The SMILES string of the molecule is CCOC(=O)Cc1ccc(NC(=O)CCCCCCC(=O)Nc2ccccc2)cc1. The number of hydrogen-bond acceptors (Lipinski definition) is 4. The van der Waals surface area contributed by atoms with E-state index in [-0.39, 0.29) is 24.2 Å². The molecule has 6 heteroatoms. The van der Waals surface area contributed by atoms with Gasteiger partial charge in [0.05, 0.1) is 13.0 Å². The number of benzene rings is 2. The van der Waals surface area contributed by atoms with Crippen LogP contribution in [0.25, 0.3) is 0 Å². The normalized spacial score (nSPS) is 10.3. The Hall–Kier alpha value is -3.15. The predicted octanol–water partition coefficient (Wildman–Crippen LogP) is 4.71. The third-order valence-corrected chi connectivity index (χ3v) is 4.51. The summed E-state index contributed by atoms with van der Waals surface area (Å²) in [5.74, 6) is -0.271. The molecule has 6 nitrogen and oxygen atoms in total.